The van der Waals surface area contributed by atoms with E-state index < -0.39 is 40.8 Å². The van der Waals surface area contributed by atoms with Gasteiger partial charge in [-0.3, -0.25) is 9.59 Å². The van der Waals surface area contributed by atoms with Gasteiger partial charge in [-0.2, -0.15) is 0 Å². The highest BCUT2D eigenvalue weighted by molar-refractivity contribution is 5.94. The van der Waals surface area contributed by atoms with Crippen molar-refractivity contribution in [2.75, 3.05) is 6.54 Å². The molecular weight excluding hydrogens is 263 g/mol. The number of amides is 1. The van der Waals surface area contributed by atoms with E-state index in [-0.39, 0.29) is 13.0 Å². The molecule has 1 amide bonds. The maximum atomic E-state index is 13.3. The van der Waals surface area contributed by atoms with Crippen LogP contribution in [0.2, 0.25) is 0 Å². The Balaban J connectivity index is 2.65. The molecule has 0 spiro atoms. The fourth-order valence-corrected chi connectivity index (χ4v) is 1.32. The van der Waals surface area contributed by atoms with Gasteiger partial charge >= 0.3 is 5.97 Å². The van der Waals surface area contributed by atoms with Crippen molar-refractivity contribution in [3.63, 3.8) is 0 Å². The Bertz CT molecular complexity index is 505. The molecule has 0 heterocycles. The van der Waals surface area contributed by atoms with E-state index in [1.807, 2.05) is 0 Å². The topological polar surface area (TPSA) is 66.4 Å². The molecule has 0 aromatic heterocycles. The first kappa shape index (κ1) is 15.0. The number of aliphatic carboxylic acids is 1. The highest BCUT2D eigenvalue weighted by atomic mass is 19.2. The molecule has 0 fully saturated rings. The zero-order chi connectivity index (χ0) is 14.6. The van der Waals surface area contributed by atoms with Crippen LogP contribution >= 0.6 is 0 Å². The summed E-state index contributed by atoms with van der Waals surface area (Å²) >= 11 is 0. The standard InChI is InChI=1S/C12H12F3NO3/c1-6(12(18)19)4-5-16-11(17)7-2-3-8(13)10(15)9(7)14/h2-3,6H,4-5H2,1H3,(H,16,17)(H,18,19). The Hall–Kier alpha value is -2.05. The summed E-state index contributed by atoms with van der Waals surface area (Å²) in [5.41, 5.74) is -0.623. The van der Waals surface area contributed by atoms with Gasteiger partial charge in [0, 0.05) is 6.54 Å². The van der Waals surface area contributed by atoms with Crippen LogP contribution in [0.15, 0.2) is 12.1 Å². The van der Waals surface area contributed by atoms with Crippen LogP contribution in [0.4, 0.5) is 13.2 Å². The van der Waals surface area contributed by atoms with Gasteiger partial charge in [0.1, 0.15) is 0 Å². The Morgan fingerprint density at radius 2 is 1.89 bits per heavy atom. The van der Waals surface area contributed by atoms with Crippen molar-refractivity contribution in [2.24, 2.45) is 5.92 Å². The molecule has 19 heavy (non-hydrogen) atoms. The minimum Gasteiger partial charge on any atom is -0.481 e. The van der Waals surface area contributed by atoms with Crippen LogP contribution in [0.3, 0.4) is 0 Å². The normalized spacial score (nSPS) is 12.0. The molecule has 0 aliphatic heterocycles. The number of halogens is 3. The van der Waals surface area contributed by atoms with Gasteiger partial charge in [0.15, 0.2) is 17.5 Å². The van der Waals surface area contributed by atoms with Crippen molar-refractivity contribution in [2.45, 2.75) is 13.3 Å². The van der Waals surface area contributed by atoms with Gasteiger partial charge < -0.3 is 10.4 Å². The number of nitrogens with one attached hydrogen (secondary N) is 1. The molecule has 1 atom stereocenters. The molecule has 0 saturated carbocycles. The molecule has 0 radical (unpaired) electrons. The molecular formula is C12H12F3NO3. The maximum absolute atomic E-state index is 13.3. The molecule has 1 unspecified atom stereocenters. The quantitative estimate of drug-likeness (QED) is 0.807. The van der Waals surface area contributed by atoms with Gasteiger partial charge in [0.05, 0.1) is 11.5 Å². The third kappa shape index (κ3) is 3.70. The summed E-state index contributed by atoms with van der Waals surface area (Å²) in [6.07, 6.45) is 0.145. The Morgan fingerprint density at radius 1 is 1.26 bits per heavy atom. The van der Waals surface area contributed by atoms with Crippen molar-refractivity contribution in [1.82, 2.24) is 5.32 Å². The van der Waals surface area contributed by atoms with E-state index in [1.165, 1.54) is 6.92 Å². The summed E-state index contributed by atoms with van der Waals surface area (Å²) in [4.78, 5) is 22.0. The first-order valence-electron chi connectivity index (χ1n) is 5.49. The first-order valence-corrected chi connectivity index (χ1v) is 5.49. The van der Waals surface area contributed by atoms with Crippen LogP contribution in [-0.2, 0) is 4.79 Å². The molecule has 1 rings (SSSR count). The Kier molecular flexibility index (Phi) is 4.91. The zero-order valence-corrected chi connectivity index (χ0v) is 10.0. The van der Waals surface area contributed by atoms with Gasteiger partial charge in [-0.15, -0.1) is 0 Å². The summed E-state index contributed by atoms with van der Waals surface area (Å²) in [6, 6.07) is 1.47. The largest absolute Gasteiger partial charge is 0.481 e. The number of benzene rings is 1. The van der Waals surface area contributed by atoms with Crippen LogP contribution in [-0.4, -0.2) is 23.5 Å². The second-order valence-corrected chi connectivity index (χ2v) is 4.01. The summed E-state index contributed by atoms with van der Waals surface area (Å²) in [7, 11) is 0. The van der Waals surface area contributed by atoms with Crippen molar-refractivity contribution in [1.29, 1.82) is 0 Å². The molecule has 0 bridgehead atoms. The van der Waals surface area contributed by atoms with E-state index >= 15 is 0 Å². The molecule has 0 aliphatic carbocycles. The molecule has 1 aromatic rings. The van der Waals surface area contributed by atoms with Crippen LogP contribution in [0, 0.1) is 23.4 Å². The molecule has 7 heteroatoms. The van der Waals surface area contributed by atoms with E-state index in [0.29, 0.717) is 6.07 Å². The number of rotatable bonds is 5. The lowest BCUT2D eigenvalue weighted by Gasteiger charge is -2.08. The van der Waals surface area contributed by atoms with E-state index in [1.54, 1.807) is 0 Å². The number of carboxylic acids is 1. The number of carboxylic acid groups (broad SMARTS) is 1. The zero-order valence-electron chi connectivity index (χ0n) is 10.0. The lowest BCUT2D eigenvalue weighted by atomic mass is 10.1. The third-order valence-corrected chi connectivity index (χ3v) is 2.56. The van der Waals surface area contributed by atoms with Gasteiger partial charge in [-0.05, 0) is 18.6 Å². The molecule has 0 saturated heterocycles. The molecule has 4 nitrogen and oxygen atoms in total. The second-order valence-electron chi connectivity index (χ2n) is 4.01. The first-order chi connectivity index (χ1) is 8.84. The van der Waals surface area contributed by atoms with Gasteiger partial charge in [0.2, 0.25) is 0 Å². The molecule has 1 aromatic carbocycles. The van der Waals surface area contributed by atoms with Crippen LogP contribution in [0.5, 0.6) is 0 Å². The number of carbonyl (C=O) groups excluding carboxylic acids is 1. The van der Waals surface area contributed by atoms with Gasteiger partial charge in [-0.25, -0.2) is 13.2 Å². The number of carbonyl (C=O) groups is 2. The monoisotopic (exact) mass is 275 g/mol. The highest BCUT2D eigenvalue weighted by Crippen LogP contribution is 2.15. The second kappa shape index (κ2) is 6.21. The van der Waals surface area contributed by atoms with E-state index in [4.69, 9.17) is 5.11 Å². The van der Waals surface area contributed by atoms with Crippen molar-refractivity contribution in [3.8, 4) is 0 Å². The van der Waals surface area contributed by atoms with E-state index in [2.05, 4.69) is 5.32 Å². The average molecular weight is 275 g/mol. The van der Waals surface area contributed by atoms with Gasteiger partial charge in [0.25, 0.3) is 5.91 Å². The van der Waals surface area contributed by atoms with Crippen LogP contribution in [0.25, 0.3) is 0 Å². The Labute approximate surface area is 107 Å². The molecule has 2 N–H and O–H groups in total. The predicted octanol–water partition coefficient (Wildman–Crippen LogP) is 1.94. The third-order valence-electron chi connectivity index (χ3n) is 2.56. The summed E-state index contributed by atoms with van der Waals surface area (Å²) in [6.45, 7) is 1.44. The summed E-state index contributed by atoms with van der Waals surface area (Å²) < 4.78 is 38.8. The smallest absolute Gasteiger partial charge is 0.306 e. The number of hydrogen-bond acceptors (Lipinski definition) is 2. The molecule has 0 aliphatic rings. The maximum Gasteiger partial charge on any atom is 0.306 e. The Morgan fingerprint density at radius 3 is 2.47 bits per heavy atom. The SMILES string of the molecule is CC(CCNC(=O)c1ccc(F)c(F)c1F)C(=O)O. The number of hydrogen-bond donors (Lipinski definition) is 2. The van der Waals surface area contributed by atoms with Crippen molar-refractivity contribution >= 4 is 11.9 Å². The van der Waals surface area contributed by atoms with Crippen molar-refractivity contribution < 1.29 is 27.9 Å². The van der Waals surface area contributed by atoms with Crippen LogP contribution < -0.4 is 5.32 Å². The minimum atomic E-state index is -1.72. The fourth-order valence-electron chi connectivity index (χ4n) is 1.32. The molecule has 104 valence electrons. The fraction of sp³-hybridized carbons (Fsp3) is 0.333. The summed E-state index contributed by atoms with van der Waals surface area (Å²) in [5, 5.41) is 10.9. The predicted molar refractivity (Wildman–Crippen MR) is 60.1 cm³/mol. The van der Waals surface area contributed by atoms with Crippen molar-refractivity contribution in [3.05, 3.63) is 35.1 Å². The highest BCUT2D eigenvalue weighted by Gasteiger charge is 2.19. The lowest BCUT2D eigenvalue weighted by Crippen LogP contribution is -2.28. The lowest BCUT2D eigenvalue weighted by molar-refractivity contribution is -0.141. The minimum absolute atomic E-state index is 0.00919. The van der Waals surface area contributed by atoms with E-state index in [9.17, 15) is 22.8 Å². The van der Waals surface area contributed by atoms with E-state index in [0.717, 1.165) is 6.07 Å². The summed E-state index contributed by atoms with van der Waals surface area (Å²) in [5.74, 6) is -7.28. The van der Waals surface area contributed by atoms with Crippen LogP contribution in [0.1, 0.15) is 23.7 Å². The van der Waals surface area contributed by atoms with Gasteiger partial charge in [-0.1, -0.05) is 6.92 Å². The average Bonchev–Trinajstić information content (AvgIpc) is 2.35.